The van der Waals surface area contributed by atoms with E-state index in [-0.39, 0.29) is 17.3 Å². The summed E-state index contributed by atoms with van der Waals surface area (Å²) in [4.78, 5) is 12.9. The topological polar surface area (TPSA) is 146 Å². The third kappa shape index (κ3) is 4.17. The number of nitrogens with two attached hydrogens (primary N) is 1. The number of carbonyl (C=O) groups excluding carboxylic acids is 1. The van der Waals surface area contributed by atoms with Gasteiger partial charge in [-0.15, -0.1) is 5.10 Å². The summed E-state index contributed by atoms with van der Waals surface area (Å²) in [5, 5.41) is 19.4. The standard InChI is InChI=1S/C21H20N8O3/c1-3-13-7-9-14(10-8-13)12-23-25-21(30)17-18(15-5-4-6-16(11-15)31-2)29(28-24-17)20-19(22)26-32-27-20/h4-12H,3H2,1-2H3,(H2,22,26)(H,25,30). The fraction of sp³-hybridized carbons (Fsp3) is 0.143. The number of methoxy groups -OCH3 is 1. The first kappa shape index (κ1) is 20.7. The van der Waals surface area contributed by atoms with Crippen molar-refractivity contribution >= 4 is 17.9 Å². The summed E-state index contributed by atoms with van der Waals surface area (Å²) in [6.07, 6.45) is 2.49. The van der Waals surface area contributed by atoms with Crippen LogP contribution in [0.15, 0.2) is 58.3 Å². The predicted octanol–water partition coefficient (Wildman–Crippen LogP) is 2.23. The molecule has 0 unspecified atom stereocenters. The lowest BCUT2D eigenvalue weighted by molar-refractivity contribution is 0.0950. The Morgan fingerprint density at radius 2 is 2.06 bits per heavy atom. The van der Waals surface area contributed by atoms with Crippen molar-refractivity contribution in [2.45, 2.75) is 13.3 Å². The first-order chi connectivity index (χ1) is 15.6. The predicted molar refractivity (Wildman–Crippen MR) is 116 cm³/mol. The molecular formula is C21H20N8O3. The van der Waals surface area contributed by atoms with Gasteiger partial charge in [-0.05, 0) is 40.0 Å². The number of nitrogens with zero attached hydrogens (tertiary/aromatic N) is 6. The number of nitrogens with one attached hydrogen (secondary N) is 1. The zero-order chi connectivity index (χ0) is 22.5. The van der Waals surface area contributed by atoms with Crippen LogP contribution in [-0.2, 0) is 6.42 Å². The van der Waals surface area contributed by atoms with Crippen LogP contribution < -0.4 is 15.9 Å². The molecule has 0 fully saturated rings. The van der Waals surface area contributed by atoms with E-state index >= 15 is 0 Å². The van der Waals surface area contributed by atoms with E-state index in [2.05, 4.69) is 42.7 Å². The van der Waals surface area contributed by atoms with E-state index in [1.807, 2.05) is 24.3 Å². The highest BCUT2D eigenvalue weighted by Crippen LogP contribution is 2.28. The number of nitrogen functional groups attached to an aromatic ring is 1. The van der Waals surface area contributed by atoms with Crippen LogP contribution in [0.5, 0.6) is 5.75 Å². The summed E-state index contributed by atoms with van der Waals surface area (Å²) < 4.78 is 11.2. The van der Waals surface area contributed by atoms with Crippen molar-refractivity contribution in [2.24, 2.45) is 5.10 Å². The van der Waals surface area contributed by atoms with Gasteiger partial charge in [0, 0.05) is 5.56 Å². The Labute approximate surface area is 182 Å². The van der Waals surface area contributed by atoms with E-state index < -0.39 is 5.91 Å². The van der Waals surface area contributed by atoms with Crippen LogP contribution in [0.1, 0.15) is 28.5 Å². The Balaban J connectivity index is 1.67. The van der Waals surface area contributed by atoms with E-state index in [1.54, 1.807) is 37.6 Å². The van der Waals surface area contributed by atoms with Crippen molar-refractivity contribution in [1.82, 2.24) is 30.7 Å². The molecule has 162 valence electrons. The molecular weight excluding hydrogens is 412 g/mol. The number of aromatic nitrogens is 5. The van der Waals surface area contributed by atoms with Gasteiger partial charge in [0.1, 0.15) is 11.4 Å². The minimum Gasteiger partial charge on any atom is -0.497 e. The van der Waals surface area contributed by atoms with Gasteiger partial charge in [-0.3, -0.25) is 4.79 Å². The Hall–Kier alpha value is -4.54. The van der Waals surface area contributed by atoms with Gasteiger partial charge < -0.3 is 10.5 Å². The second-order valence-electron chi connectivity index (χ2n) is 6.70. The molecule has 2 aromatic carbocycles. The summed E-state index contributed by atoms with van der Waals surface area (Å²) in [6, 6.07) is 14.9. The maximum absolute atomic E-state index is 12.9. The van der Waals surface area contributed by atoms with Gasteiger partial charge in [0.25, 0.3) is 5.91 Å². The third-order valence-corrected chi connectivity index (χ3v) is 4.69. The first-order valence-electron chi connectivity index (χ1n) is 9.71. The molecule has 0 saturated heterocycles. The van der Waals surface area contributed by atoms with E-state index in [0.29, 0.717) is 17.0 Å². The molecule has 11 nitrogen and oxygen atoms in total. The van der Waals surface area contributed by atoms with E-state index in [4.69, 9.17) is 10.5 Å². The molecule has 0 spiro atoms. The van der Waals surface area contributed by atoms with Crippen molar-refractivity contribution in [3.05, 3.63) is 65.4 Å². The number of carbonyl (C=O) groups is 1. The van der Waals surface area contributed by atoms with Gasteiger partial charge in [-0.2, -0.15) is 9.78 Å². The van der Waals surface area contributed by atoms with Gasteiger partial charge in [0.15, 0.2) is 5.69 Å². The molecule has 2 aromatic heterocycles. The van der Waals surface area contributed by atoms with Crippen LogP contribution in [0, 0.1) is 0 Å². The number of amides is 1. The molecule has 0 aliphatic heterocycles. The van der Waals surface area contributed by atoms with Crippen LogP contribution in [-0.4, -0.2) is 44.5 Å². The average molecular weight is 432 g/mol. The van der Waals surface area contributed by atoms with E-state index in [9.17, 15) is 4.79 Å². The molecule has 0 aliphatic rings. The zero-order valence-electron chi connectivity index (χ0n) is 17.4. The summed E-state index contributed by atoms with van der Waals surface area (Å²) in [6.45, 7) is 2.08. The van der Waals surface area contributed by atoms with Crippen LogP contribution >= 0.6 is 0 Å². The fourth-order valence-corrected chi connectivity index (χ4v) is 3.01. The lowest BCUT2D eigenvalue weighted by Gasteiger charge is -2.07. The SMILES string of the molecule is CCc1ccc(C=NNC(=O)c2nnn(-c3nonc3N)c2-c2cccc(OC)c2)cc1. The molecule has 1 amide bonds. The van der Waals surface area contributed by atoms with Gasteiger partial charge >= 0.3 is 0 Å². The molecule has 4 rings (SSSR count). The number of anilines is 1. The molecule has 0 saturated carbocycles. The van der Waals surface area contributed by atoms with E-state index in [0.717, 1.165) is 12.0 Å². The van der Waals surface area contributed by atoms with Crippen LogP contribution in [0.3, 0.4) is 0 Å². The van der Waals surface area contributed by atoms with Crippen molar-refractivity contribution < 1.29 is 14.2 Å². The highest BCUT2D eigenvalue weighted by atomic mass is 16.6. The van der Waals surface area contributed by atoms with Crippen LogP contribution in [0.2, 0.25) is 0 Å². The van der Waals surface area contributed by atoms with Crippen molar-refractivity contribution in [3.8, 4) is 22.8 Å². The van der Waals surface area contributed by atoms with E-state index in [1.165, 1.54) is 10.2 Å². The summed E-state index contributed by atoms with van der Waals surface area (Å²) >= 11 is 0. The number of ether oxygens (including phenoxy) is 1. The molecule has 4 aromatic rings. The average Bonchev–Trinajstić information content (AvgIpc) is 3.45. The van der Waals surface area contributed by atoms with Crippen molar-refractivity contribution in [3.63, 3.8) is 0 Å². The molecule has 0 radical (unpaired) electrons. The minimum atomic E-state index is -0.564. The molecule has 2 heterocycles. The monoisotopic (exact) mass is 432 g/mol. The Morgan fingerprint density at radius 1 is 1.25 bits per heavy atom. The molecule has 0 bridgehead atoms. The second-order valence-corrected chi connectivity index (χ2v) is 6.70. The highest BCUT2D eigenvalue weighted by molar-refractivity contribution is 5.98. The normalized spacial score (nSPS) is 11.1. The first-order valence-corrected chi connectivity index (χ1v) is 9.71. The van der Waals surface area contributed by atoms with Gasteiger partial charge in [0.2, 0.25) is 11.6 Å². The van der Waals surface area contributed by atoms with Crippen LogP contribution in [0.4, 0.5) is 5.82 Å². The fourth-order valence-electron chi connectivity index (χ4n) is 3.01. The van der Waals surface area contributed by atoms with Crippen molar-refractivity contribution in [2.75, 3.05) is 12.8 Å². The third-order valence-electron chi connectivity index (χ3n) is 4.69. The molecule has 0 aliphatic carbocycles. The highest BCUT2D eigenvalue weighted by Gasteiger charge is 2.25. The summed E-state index contributed by atoms with van der Waals surface area (Å²) in [5.41, 5.74) is 11.3. The molecule has 3 N–H and O–H groups in total. The lowest BCUT2D eigenvalue weighted by Crippen LogP contribution is -2.19. The number of rotatable bonds is 7. The number of hydrazone groups is 1. The minimum absolute atomic E-state index is 0.000416. The van der Waals surface area contributed by atoms with Gasteiger partial charge in [-0.1, -0.05) is 48.5 Å². The molecule has 32 heavy (non-hydrogen) atoms. The number of hydrogen-bond acceptors (Lipinski definition) is 9. The zero-order valence-corrected chi connectivity index (χ0v) is 17.4. The lowest BCUT2D eigenvalue weighted by atomic mass is 10.1. The Kier molecular flexibility index (Phi) is 5.88. The summed E-state index contributed by atoms with van der Waals surface area (Å²) in [5.74, 6) is 0.125. The smallest absolute Gasteiger partial charge is 0.294 e. The quantitative estimate of drug-likeness (QED) is 0.334. The Morgan fingerprint density at radius 3 is 2.75 bits per heavy atom. The largest absolute Gasteiger partial charge is 0.497 e. The second kappa shape index (κ2) is 9.08. The number of aryl methyl sites for hydroxylation is 1. The van der Waals surface area contributed by atoms with Crippen molar-refractivity contribution in [1.29, 1.82) is 0 Å². The number of hydrogen-bond donors (Lipinski definition) is 2. The summed E-state index contributed by atoms with van der Waals surface area (Å²) in [7, 11) is 1.55. The van der Waals surface area contributed by atoms with Gasteiger partial charge in [-0.25, -0.2) is 10.1 Å². The Bertz CT molecular complexity index is 1260. The molecule has 0 atom stereocenters. The maximum atomic E-state index is 12.9. The maximum Gasteiger partial charge on any atom is 0.294 e. The van der Waals surface area contributed by atoms with Gasteiger partial charge in [0.05, 0.1) is 13.3 Å². The molecule has 11 heteroatoms. The van der Waals surface area contributed by atoms with Crippen LogP contribution in [0.25, 0.3) is 17.1 Å². The number of benzene rings is 2.